The van der Waals surface area contributed by atoms with Crippen LogP contribution in [-0.2, 0) is 0 Å². The van der Waals surface area contributed by atoms with Crippen molar-refractivity contribution in [1.82, 2.24) is 10.7 Å². The Morgan fingerprint density at radius 1 is 1.28 bits per heavy atom. The fourth-order valence-corrected chi connectivity index (χ4v) is 3.46. The number of hydrazone groups is 1. The molecule has 0 heterocycles. The highest BCUT2D eigenvalue weighted by molar-refractivity contribution is 7.80. The van der Waals surface area contributed by atoms with Crippen LogP contribution < -0.4 is 10.7 Å². The number of rotatable bonds is 2. The summed E-state index contributed by atoms with van der Waals surface area (Å²) in [6.07, 6.45) is 13.4. The van der Waals surface area contributed by atoms with E-state index in [-0.39, 0.29) is 0 Å². The summed E-state index contributed by atoms with van der Waals surface area (Å²) in [5, 5.41) is 8.54. The van der Waals surface area contributed by atoms with Crippen molar-refractivity contribution in [2.45, 2.75) is 51.0 Å². The molecule has 3 nitrogen and oxygen atoms in total. The lowest BCUT2D eigenvalue weighted by atomic mass is 9.74. The minimum atomic E-state index is 0.557. The molecule has 0 bridgehead atoms. The van der Waals surface area contributed by atoms with Gasteiger partial charge in [0.1, 0.15) is 0 Å². The lowest BCUT2D eigenvalue weighted by Crippen LogP contribution is -2.42. The standard InChI is InChI=1S/C14H21N3S/c18-14(15-11-6-2-1-3-7-11)17-16-13-9-10-5-4-8-12(10)13/h4-5,10-12H,1-3,6-9H2,(H2,15,17,18)/b16-13+/t10-,12-/m0/s1. The summed E-state index contributed by atoms with van der Waals surface area (Å²) < 4.78 is 0. The van der Waals surface area contributed by atoms with Crippen molar-refractivity contribution in [2.24, 2.45) is 16.9 Å². The molecule has 0 aromatic rings. The van der Waals surface area contributed by atoms with Gasteiger partial charge in [0.25, 0.3) is 0 Å². The average molecular weight is 263 g/mol. The van der Waals surface area contributed by atoms with Gasteiger partial charge in [-0.3, -0.25) is 5.43 Å². The molecule has 2 fully saturated rings. The Morgan fingerprint density at radius 2 is 2.11 bits per heavy atom. The van der Waals surface area contributed by atoms with Crippen molar-refractivity contribution in [1.29, 1.82) is 0 Å². The molecule has 2 saturated carbocycles. The van der Waals surface area contributed by atoms with Gasteiger partial charge in [-0.25, -0.2) is 0 Å². The molecular formula is C14H21N3S. The van der Waals surface area contributed by atoms with Crippen molar-refractivity contribution in [3.8, 4) is 0 Å². The Hall–Kier alpha value is -0.900. The van der Waals surface area contributed by atoms with Crippen LogP contribution in [-0.4, -0.2) is 16.9 Å². The number of nitrogens with one attached hydrogen (secondary N) is 2. The molecular weight excluding hydrogens is 242 g/mol. The maximum atomic E-state index is 5.30. The van der Waals surface area contributed by atoms with Crippen LogP contribution in [0, 0.1) is 11.8 Å². The summed E-state index contributed by atoms with van der Waals surface area (Å²) in [5.41, 5.74) is 4.31. The van der Waals surface area contributed by atoms with Crippen molar-refractivity contribution in [3.05, 3.63) is 12.2 Å². The molecule has 0 radical (unpaired) electrons. The molecule has 2 atom stereocenters. The lowest BCUT2D eigenvalue weighted by Gasteiger charge is -2.32. The molecule has 3 rings (SSSR count). The van der Waals surface area contributed by atoms with Gasteiger partial charge in [-0.15, -0.1) is 0 Å². The van der Waals surface area contributed by atoms with Gasteiger partial charge in [-0.05, 0) is 43.8 Å². The zero-order chi connectivity index (χ0) is 12.4. The van der Waals surface area contributed by atoms with Gasteiger partial charge in [0.2, 0.25) is 0 Å². The molecule has 0 spiro atoms. The second-order valence-electron chi connectivity index (χ2n) is 5.66. The summed E-state index contributed by atoms with van der Waals surface area (Å²) in [5.74, 6) is 1.42. The van der Waals surface area contributed by atoms with E-state index in [1.807, 2.05) is 0 Å². The van der Waals surface area contributed by atoms with Crippen LogP contribution in [0.15, 0.2) is 17.3 Å². The van der Waals surface area contributed by atoms with Gasteiger partial charge >= 0.3 is 0 Å². The molecule has 0 unspecified atom stereocenters. The Balaban J connectivity index is 1.43. The van der Waals surface area contributed by atoms with Crippen molar-refractivity contribution < 1.29 is 0 Å². The van der Waals surface area contributed by atoms with Crippen LogP contribution in [0.25, 0.3) is 0 Å². The van der Waals surface area contributed by atoms with Gasteiger partial charge in [0, 0.05) is 17.7 Å². The number of fused-ring (bicyclic) bond motifs is 1. The van der Waals surface area contributed by atoms with Gasteiger partial charge < -0.3 is 5.32 Å². The third-order valence-electron chi connectivity index (χ3n) is 4.40. The topological polar surface area (TPSA) is 36.4 Å². The highest BCUT2D eigenvalue weighted by atomic mass is 32.1. The predicted octanol–water partition coefficient (Wildman–Crippen LogP) is 2.74. The van der Waals surface area contributed by atoms with E-state index >= 15 is 0 Å². The Morgan fingerprint density at radius 3 is 2.89 bits per heavy atom. The Kier molecular flexibility index (Phi) is 3.64. The summed E-state index contributed by atoms with van der Waals surface area (Å²) in [6.45, 7) is 0. The maximum absolute atomic E-state index is 5.30. The van der Waals surface area contributed by atoms with Crippen LogP contribution in [0.3, 0.4) is 0 Å². The van der Waals surface area contributed by atoms with Crippen LogP contribution in [0.4, 0.5) is 0 Å². The van der Waals surface area contributed by atoms with Crippen LogP contribution in [0.1, 0.15) is 44.9 Å². The zero-order valence-electron chi connectivity index (χ0n) is 10.7. The SMILES string of the molecule is S=C(N/N=C1\C[C@@H]2C=CC[C@H]12)NC1CCCCC1. The van der Waals surface area contributed by atoms with Crippen LogP contribution in [0.2, 0.25) is 0 Å². The average Bonchev–Trinajstić information content (AvgIpc) is 2.72. The molecule has 18 heavy (non-hydrogen) atoms. The molecule has 0 amide bonds. The quantitative estimate of drug-likeness (QED) is 0.457. The van der Waals surface area contributed by atoms with E-state index < -0.39 is 0 Å². The van der Waals surface area contributed by atoms with E-state index in [4.69, 9.17) is 12.2 Å². The van der Waals surface area contributed by atoms with Gasteiger partial charge in [-0.2, -0.15) is 5.10 Å². The number of nitrogens with zero attached hydrogens (tertiary/aromatic N) is 1. The maximum Gasteiger partial charge on any atom is 0.187 e. The molecule has 0 saturated heterocycles. The van der Waals surface area contributed by atoms with Gasteiger partial charge in [0.05, 0.1) is 0 Å². The fraction of sp³-hybridized carbons (Fsp3) is 0.714. The van der Waals surface area contributed by atoms with Crippen molar-refractivity contribution >= 4 is 23.0 Å². The van der Waals surface area contributed by atoms with E-state index in [1.54, 1.807) is 0 Å². The number of hydrogen-bond donors (Lipinski definition) is 2. The van der Waals surface area contributed by atoms with Crippen molar-refractivity contribution in [2.75, 3.05) is 0 Å². The first-order valence-corrected chi connectivity index (χ1v) is 7.53. The molecule has 3 aliphatic carbocycles. The van der Waals surface area contributed by atoms with E-state index in [1.165, 1.54) is 37.8 Å². The van der Waals surface area contributed by atoms with E-state index in [0.29, 0.717) is 17.1 Å². The van der Waals surface area contributed by atoms with E-state index in [0.717, 1.165) is 18.8 Å². The normalized spacial score (nSPS) is 33.0. The summed E-state index contributed by atoms with van der Waals surface area (Å²) >= 11 is 5.30. The highest BCUT2D eigenvalue weighted by Crippen LogP contribution is 2.39. The largest absolute Gasteiger partial charge is 0.359 e. The minimum absolute atomic E-state index is 0.557. The number of hydrogen-bond acceptors (Lipinski definition) is 2. The summed E-state index contributed by atoms with van der Waals surface area (Å²) in [7, 11) is 0. The molecule has 4 heteroatoms. The first-order chi connectivity index (χ1) is 8.83. The second kappa shape index (κ2) is 5.39. The second-order valence-corrected chi connectivity index (χ2v) is 6.07. The smallest absolute Gasteiger partial charge is 0.187 e. The molecule has 2 N–H and O–H groups in total. The third kappa shape index (κ3) is 2.58. The van der Waals surface area contributed by atoms with Crippen LogP contribution >= 0.6 is 12.2 Å². The van der Waals surface area contributed by atoms with E-state index in [9.17, 15) is 0 Å². The number of allylic oxidation sites excluding steroid dienone is 2. The Bertz CT molecular complexity index is 383. The minimum Gasteiger partial charge on any atom is -0.359 e. The molecule has 0 aromatic heterocycles. The monoisotopic (exact) mass is 263 g/mol. The summed E-state index contributed by atoms with van der Waals surface area (Å²) in [6, 6.07) is 0.557. The molecule has 0 aromatic carbocycles. The van der Waals surface area contributed by atoms with E-state index in [2.05, 4.69) is 28.0 Å². The third-order valence-corrected chi connectivity index (χ3v) is 4.61. The van der Waals surface area contributed by atoms with Crippen LogP contribution in [0.5, 0.6) is 0 Å². The first-order valence-electron chi connectivity index (χ1n) is 7.12. The predicted molar refractivity (Wildman–Crippen MR) is 78.5 cm³/mol. The fourth-order valence-electron chi connectivity index (χ4n) is 3.25. The molecule has 3 aliphatic rings. The zero-order valence-corrected chi connectivity index (χ0v) is 11.5. The van der Waals surface area contributed by atoms with Gasteiger partial charge in [0.15, 0.2) is 5.11 Å². The number of thiocarbonyl (C=S) groups is 1. The molecule has 98 valence electrons. The Labute approximate surface area is 114 Å². The molecule has 0 aliphatic heterocycles. The summed E-state index contributed by atoms with van der Waals surface area (Å²) in [4.78, 5) is 0. The van der Waals surface area contributed by atoms with Gasteiger partial charge in [-0.1, -0.05) is 31.4 Å². The first kappa shape index (κ1) is 12.2. The van der Waals surface area contributed by atoms with Crippen molar-refractivity contribution in [3.63, 3.8) is 0 Å². The highest BCUT2D eigenvalue weighted by Gasteiger charge is 2.37. The lowest BCUT2D eigenvalue weighted by molar-refractivity contribution is 0.412.